The molecule has 5 nitrogen and oxygen atoms in total. The standard InChI is InChI=1S/C18H19N3O2/c1-2-3-15-7-13-8-16(19-9-17(13)23-15)18(22)20-14-6-12-4-5-21(10-12)11-14/h7-9,12,14H,4-6,10-11H2,1H3,(H,20,22)/t12-,14-/m1/s1. The predicted octanol–water partition coefficient (Wildman–Crippen LogP) is 2.02. The minimum Gasteiger partial charge on any atom is -0.446 e. The number of nitrogens with zero attached hydrogens (tertiary/aromatic N) is 2. The van der Waals surface area contributed by atoms with Gasteiger partial charge in [-0.3, -0.25) is 4.79 Å². The van der Waals surface area contributed by atoms with E-state index in [1.54, 1.807) is 19.2 Å². The summed E-state index contributed by atoms with van der Waals surface area (Å²) in [7, 11) is 0. The van der Waals surface area contributed by atoms with Gasteiger partial charge in [0.2, 0.25) is 0 Å². The van der Waals surface area contributed by atoms with Gasteiger partial charge in [0.25, 0.3) is 5.91 Å². The van der Waals surface area contributed by atoms with Gasteiger partial charge in [-0.1, -0.05) is 5.92 Å². The lowest BCUT2D eigenvalue weighted by molar-refractivity contribution is 0.0904. The van der Waals surface area contributed by atoms with Crippen molar-refractivity contribution in [2.24, 2.45) is 5.92 Å². The highest BCUT2D eigenvalue weighted by Crippen LogP contribution is 2.27. The maximum absolute atomic E-state index is 12.5. The van der Waals surface area contributed by atoms with Gasteiger partial charge in [0, 0.05) is 30.6 Å². The van der Waals surface area contributed by atoms with Crippen LogP contribution in [0.5, 0.6) is 0 Å². The first-order valence-corrected chi connectivity index (χ1v) is 8.07. The summed E-state index contributed by atoms with van der Waals surface area (Å²) >= 11 is 0. The lowest BCUT2D eigenvalue weighted by Gasteiger charge is -2.30. The third-order valence-corrected chi connectivity index (χ3v) is 4.69. The van der Waals surface area contributed by atoms with Crippen LogP contribution in [-0.4, -0.2) is 41.5 Å². The predicted molar refractivity (Wildman–Crippen MR) is 87.0 cm³/mol. The first-order chi connectivity index (χ1) is 11.2. The lowest BCUT2D eigenvalue weighted by atomic mass is 9.97. The van der Waals surface area contributed by atoms with Gasteiger partial charge >= 0.3 is 0 Å². The van der Waals surface area contributed by atoms with Crippen LogP contribution < -0.4 is 5.32 Å². The van der Waals surface area contributed by atoms with E-state index in [9.17, 15) is 4.79 Å². The van der Waals surface area contributed by atoms with Gasteiger partial charge < -0.3 is 14.6 Å². The van der Waals surface area contributed by atoms with Gasteiger partial charge in [0.1, 0.15) is 5.69 Å². The number of aromatic nitrogens is 1. The highest BCUT2D eigenvalue weighted by molar-refractivity contribution is 5.95. The second-order valence-electron chi connectivity index (χ2n) is 6.41. The maximum Gasteiger partial charge on any atom is 0.270 e. The van der Waals surface area contributed by atoms with E-state index in [0.717, 1.165) is 30.8 Å². The summed E-state index contributed by atoms with van der Waals surface area (Å²) in [4.78, 5) is 19.1. The van der Waals surface area contributed by atoms with Crippen molar-refractivity contribution in [1.29, 1.82) is 0 Å². The van der Waals surface area contributed by atoms with Crippen molar-refractivity contribution in [3.05, 3.63) is 29.8 Å². The molecule has 4 heterocycles. The second kappa shape index (κ2) is 5.71. The molecule has 1 unspecified atom stereocenters. The van der Waals surface area contributed by atoms with Gasteiger partial charge in [0.05, 0.1) is 6.20 Å². The van der Waals surface area contributed by atoms with Crippen LogP contribution in [0, 0.1) is 17.8 Å². The monoisotopic (exact) mass is 309 g/mol. The Morgan fingerprint density at radius 2 is 2.35 bits per heavy atom. The molecule has 0 spiro atoms. The summed E-state index contributed by atoms with van der Waals surface area (Å²) in [5.74, 6) is 6.90. The zero-order valence-corrected chi connectivity index (χ0v) is 13.1. The molecular formula is C18H19N3O2. The third-order valence-electron chi connectivity index (χ3n) is 4.69. The number of carbonyl (C=O) groups excluding carboxylic acids is 1. The van der Waals surface area contributed by atoms with E-state index in [4.69, 9.17) is 4.42 Å². The number of carbonyl (C=O) groups is 1. The molecule has 118 valence electrons. The summed E-state index contributed by atoms with van der Waals surface area (Å²) in [6.45, 7) is 5.06. The Bertz CT molecular complexity index is 803. The van der Waals surface area contributed by atoms with Gasteiger partial charge in [-0.05, 0) is 44.2 Å². The Morgan fingerprint density at radius 3 is 3.17 bits per heavy atom. The summed E-state index contributed by atoms with van der Waals surface area (Å²) in [6.07, 6.45) is 3.93. The number of pyridine rings is 1. The molecule has 3 atom stereocenters. The Labute approximate surface area is 135 Å². The molecule has 2 aliphatic rings. The summed E-state index contributed by atoms with van der Waals surface area (Å²) in [5, 5.41) is 3.99. The molecule has 2 aromatic heterocycles. The van der Waals surface area contributed by atoms with E-state index in [-0.39, 0.29) is 11.9 Å². The number of furan rings is 1. The Kier molecular flexibility index (Phi) is 3.55. The lowest BCUT2D eigenvalue weighted by Crippen LogP contribution is -2.47. The van der Waals surface area contributed by atoms with E-state index < -0.39 is 0 Å². The first kappa shape index (κ1) is 14.3. The van der Waals surface area contributed by atoms with E-state index in [0.29, 0.717) is 17.0 Å². The number of hydrogen-bond acceptors (Lipinski definition) is 4. The minimum atomic E-state index is -0.108. The van der Waals surface area contributed by atoms with Crippen molar-refractivity contribution in [2.75, 3.05) is 19.6 Å². The third kappa shape index (κ3) is 2.82. The van der Waals surface area contributed by atoms with Crippen LogP contribution in [0.1, 0.15) is 36.0 Å². The molecule has 1 amide bonds. The second-order valence-corrected chi connectivity index (χ2v) is 6.41. The van der Waals surface area contributed by atoms with E-state index in [1.165, 1.54) is 13.0 Å². The SMILES string of the molecule is CC#Cc1cc2cc(C(=O)N[C@@H]3C[C@H]4CCN(C4)C3)ncc2o1. The highest BCUT2D eigenvalue weighted by Gasteiger charge is 2.33. The molecule has 23 heavy (non-hydrogen) atoms. The van der Waals surface area contributed by atoms with Crippen LogP contribution in [0.4, 0.5) is 0 Å². The molecule has 0 aromatic carbocycles. The van der Waals surface area contributed by atoms with Crippen LogP contribution in [-0.2, 0) is 0 Å². The number of amides is 1. The van der Waals surface area contributed by atoms with Crippen molar-refractivity contribution in [3.63, 3.8) is 0 Å². The van der Waals surface area contributed by atoms with E-state index in [2.05, 4.69) is 27.0 Å². The zero-order chi connectivity index (χ0) is 15.8. The fraction of sp³-hybridized carbons (Fsp3) is 0.444. The fourth-order valence-electron chi connectivity index (χ4n) is 3.68. The van der Waals surface area contributed by atoms with Crippen LogP contribution >= 0.6 is 0 Å². The van der Waals surface area contributed by atoms with Crippen molar-refractivity contribution in [1.82, 2.24) is 15.2 Å². The number of piperidine rings is 1. The summed E-state index contributed by atoms with van der Waals surface area (Å²) in [6, 6.07) is 3.84. The number of nitrogens with one attached hydrogen (secondary N) is 1. The molecule has 5 heteroatoms. The molecule has 0 radical (unpaired) electrons. The Hall–Kier alpha value is -2.32. The molecule has 2 aliphatic heterocycles. The van der Waals surface area contributed by atoms with Crippen LogP contribution in [0.3, 0.4) is 0 Å². The minimum absolute atomic E-state index is 0.108. The average Bonchev–Trinajstić information content (AvgIpc) is 3.09. The molecular weight excluding hydrogens is 290 g/mol. The number of hydrogen-bond donors (Lipinski definition) is 1. The van der Waals surface area contributed by atoms with Crippen LogP contribution in [0.15, 0.2) is 22.7 Å². The maximum atomic E-state index is 12.5. The molecule has 4 rings (SSSR count). The van der Waals surface area contributed by atoms with Crippen LogP contribution in [0.25, 0.3) is 11.0 Å². The van der Waals surface area contributed by atoms with Gasteiger partial charge in [-0.15, -0.1) is 0 Å². The van der Waals surface area contributed by atoms with Crippen LogP contribution in [0.2, 0.25) is 0 Å². The number of fused-ring (bicyclic) bond motifs is 3. The largest absolute Gasteiger partial charge is 0.446 e. The normalized spacial score (nSPS) is 25.9. The first-order valence-electron chi connectivity index (χ1n) is 8.07. The molecule has 2 saturated heterocycles. The molecule has 2 fully saturated rings. The Morgan fingerprint density at radius 1 is 1.43 bits per heavy atom. The highest BCUT2D eigenvalue weighted by atomic mass is 16.3. The van der Waals surface area contributed by atoms with Gasteiger partial charge in [0.15, 0.2) is 11.3 Å². The average molecular weight is 309 g/mol. The molecule has 1 N–H and O–H groups in total. The van der Waals surface area contributed by atoms with Crippen molar-refractivity contribution < 1.29 is 9.21 Å². The van der Waals surface area contributed by atoms with E-state index >= 15 is 0 Å². The van der Waals surface area contributed by atoms with Gasteiger partial charge in [-0.25, -0.2) is 4.98 Å². The number of rotatable bonds is 2. The smallest absolute Gasteiger partial charge is 0.270 e. The molecule has 2 aromatic rings. The molecule has 2 bridgehead atoms. The topological polar surface area (TPSA) is 58.4 Å². The quantitative estimate of drug-likeness (QED) is 0.862. The fourth-order valence-corrected chi connectivity index (χ4v) is 3.68. The summed E-state index contributed by atoms with van der Waals surface area (Å²) in [5.41, 5.74) is 1.09. The molecule has 0 saturated carbocycles. The van der Waals surface area contributed by atoms with Crippen molar-refractivity contribution >= 4 is 16.9 Å². The van der Waals surface area contributed by atoms with Gasteiger partial charge in [-0.2, -0.15) is 0 Å². The van der Waals surface area contributed by atoms with Crippen molar-refractivity contribution in [2.45, 2.75) is 25.8 Å². The Balaban J connectivity index is 1.51. The van der Waals surface area contributed by atoms with Crippen molar-refractivity contribution in [3.8, 4) is 11.8 Å². The zero-order valence-electron chi connectivity index (χ0n) is 13.1. The van der Waals surface area contributed by atoms with E-state index in [1.807, 2.05) is 6.07 Å². The summed E-state index contributed by atoms with van der Waals surface area (Å²) < 4.78 is 5.56. The molecule has 0 aliphatic carbocycles.